The monoisotopic (exact) mass is 562 g/mol. The van der Waals surface area contributed by atoms with Crippen LogP contribution in [0, 0.1) is 19.8 Å². The minimum atomic E-state index is -3.70. The number of benzene rings is 1. The SMILES string of the molecule is COc1cc(C)c(S(=O)(=O)N(C)CCC(=O)N[C@H]2CC[C@H](N3CCC(CCN4CCCC4)CC3)CC2)c(C)c1. The number of carbonyl (C=O) groups is 1. The summed E-state index contributed by atoms with van der Waals surface area (Å²) in [4.78, 5) is 18.3. The van der Waals surface area contributed by atoms with Gasteiger partial charge < -0.3 is 19.9 Å². The summed E-state index contributed by atoms with van der Waals surface area (Å²) in [7, 11) is -0.579. The number of likely N-dealkylation sites (tertiary alicyclic amines) is 2. The quantitative estimate of drug-likeness (QED) is 0.440. The summed E-state index contributed by atoms with van der Waals surface area (Å²) in [5, 5.41) is 3.18. The fourth-order valence-corrected chi connectivity index (χ4v) is 8.41. The molecule has 39 heavy (non-hydrogen) atoms. The average Bonchev–Trinajstić information content (AvgIpc) is 3.44. The third-order valence-electron chi connectivity index (χ3n) is 9.27. The van der Waals surface area contributed by atoms with E-state index in [0.717, 1.165) is 31.6 Å². The molecule has 1 aliphatic carbocycles. The van der Waals surface area contributed by atoms with E-state index in [1.165, 1.54) is 69.1 Å². The molecule has 2 aliphatic heterocycles. The van der Waals surface area contributed by atoms with E-state index < -0.39 is 10.0 Å². The maximum atomic E-state index is 13.2. The van der Waals surface area contributed by atoms with Crippen molar-refractivity contribution in [2.24, 2.45) is 5.92 Å². The summed E-state index contributed by atoms with van der Waals surface area (Å²) in [6, 6.07) is 4.30. The molecule has 1 aromatic carbocycles. The summed E-state index contributed by atoms with van der Waals surface area (Å²) >= 11 is 0. The van der Waals surface area contributed by atoms with Crippen LogP contribution in [0.3, 0.4) is 0 Å². The van der Waals surface area contributed by atoms with Crippen molar-refractivity contribution in [1.29, 1.82) is 0 Å². The highest BCUT2D eigenvalue weighted by atomic mass is 32.2. The van der Waals surface area contributed by atoms with Crippen molar-refractivity contribution in [1.82, 2.24) is 19.4 Å². The van der Waals surface area contributed by atoms with E-state index in [-0.39, 0.29) is 24.9 Å². The van der Waals surface area contributed by atoms with Gasteiger partial charge in [0.2, 0.25) is 15.9 Å². The number of nitrogens with one attached hydrogen (secondary N) is 1. The van der Waals surface area contributed by atoms with Crippen molar-refractivity contribution in [2.75, 3.05) is 53.4 Å². The Balaban J connectivity index is 1.15. The maximum Gasteiger partial charge on any atom is 0.243 e. The predicted molar refractivity (Wildman–Crippen MR) is 156 cm³/mol. The molecule has 1 amide bonds. The summed E-state index contributed by atoms with van der Waals surface area (Å²) in [5.41, 5.74) is 1.29. The predicted octanol–water partition coefficient (Wildman–Crippen LogP) is 3.95. The number of piperidine rings is 1. The van der Waals surface area contributed by atoms with E-state index in [1.807, 2.05) is 0 Å². The molecule has 0 spiro atoms. The zero-order chi connectivity index (χ0) is 28.0. The van der Waals surface area contributed by atoms with Crippen LogP contribution in [0.5, 0.6) is 5.75 Å². The van der Waals surface area contributed by atoms with Crippen LogP contribution in [0.1, 0.15) is 75.3 Å². The molecule has 0 radical (unpaired) electrons. The maximum absolute atomic E-state index is 13.2. The highest BCUT2D eigenvalue weighted by Crippen LogP contribution is 2.30. The largest absolute Gasteiger partial charge is 0.497 e. The molecule has 0 unspecified atom stereocenters. The molecule has 8 nitrogen and oxygen atoms in total. The minimum absolute atomic E-state index is 0.0671. The van der Waals surface area contributed by atoms with Gasteiger partial charge in [-0.1, -0.05) is 0 Å². The minimum Gasteiger partial charge on any atom is -0.497 e. The molecule has 3 aliphatic rings. The van der Waals surface area contributed by atoms with E-state index in [1.54, 1.807) is 40.1 Å². The van der Waals surface area contributed by atoms with Crippen LogP contribution in [-0.4, -0.2) is 93.9 Å². The fourth-order valence-electron chi connectivity index (χ4n) is 6.83. The Kier molecular flexibility index (Phi) is 10.7. The molecular weight excluding hydrogens is 512 g/mol. The van der Waals surface area contributed by atoms with Gasteiger partial charge in [-0.2, -0.15) is 0 Å². The van der Waals surface area contributed by atoms with Gasteiger partial charge in [-0.25, -0.2) is 12.7 Å². The van der Waals surface area contributed by atoms with E-state index in [0.29, 0.717) is 27.8 Å². The van der Waals surface area contributed by atoms with Crippen LogP contribution < -0.4 is 10.1 Å². The van der Waals surface area contributed by atoms with Crippen LogP contribution in [0.15, 0.2) is 17.0 Å². The Bertz CT molecular complexity index is 1030. The van der Waals surface area contributed by atoms with Gasteiger partial charge in [0, 0.05) is 32.1 Å². The molecule has 2 heterocycles. The number of hydrogen-bond acceptors (Lipinski definition) is 6. The molecular formula is C30H50N4O4S. The molecule has 220 valence electrons. The average molecular weight is 563 g/mol. The van der Waals surface area contributed by atoms with Crippen molar-refractivity contribution in [3.05, 3.63) is 23.3 Å². The number of methoxy groups -OCH3 is 1. The smallest absolute Gasteiger partial charge is 0.243 e. The third-order valence-corrected chi connectivity index (χ3v) is 11.4. The number of carbonyl (C=O) groups excluding carboxylic acids is 1. The Hall–Kier alpha value is -1.68. The lowest BCUT2D eigenvalue weighted by Gasteiger charge is -2.41. The van der Waals surface area contributed by atoms with Crippen LogP contribution in [0.4, 0.5) is 0 Å². The lowest BCUT2D eigenvalue weighted by molar-refractivity contribution is -0.122. The highest BCUT2D eigenvalue weighted by molar-refractivity contribution is 7.89. The lowest BCUT2D eigenvalue weighted by atomic mass is 9.87. The van der Waals surface area contributed by atoms with Crippen LogP contribution >= 0.6 is 0 Å². The number of rotatable bonds is 11. The molecule has 1 N–H and O–H groups in total. The number of hydrogen-bond donors (Lipinski definition) is 1. The standard InChI is InChI=1S/C30H50N4O4S/c1-23-21-28(38-4)22-24(2)30(23)39(36,37)32(3)17-14-29(35)31-26-7-9-27(10-8-26)34-19-12-25(13-20-34)11-18-33-15-5-6-16-33/h21-22,25-27H,5-20H2,1-4H3,(H,31,35)/t26-,27-. The number of amides is 1. The molecule has 4 rings (SSSR count). The van der Waals surface area contributed by atoms with Gasteiger partial charge in [-0.05, 0) is 134 Å². The van der Waals surface area contributed by atoms with Crippen LogP contribution in [0.2, 0.25) is 0 Å². The first-order valence-electron chi connectivity index (χ1n) is 15.0. The molecule has 2 saturated heterocycles. The first-order chi connectivity index (χ1) is 18.7. The molecule has 0 bridgehead atoms. The first-order valence-corrected chi connectivity index (χ1v) is 16.5. The van der Waals surface area contributed by atoms with Gasteiger partial charge in [0.05, 0.1) is 12.0 Å². The van der Waals surface area contributed by atoms with E-state index in [2.05, 4.69) is 15.1 Å². The van der Waals surface area contributed by atoms with Crippen molar-refractivity contribution in [3.63, 3.8) is 0 Å². The lowest BCUT2D eigenvalue weighted by Crippen LogP contribution is -2.47. The second-order valence-electron chi connectivity index (χ2n) is 12.1. The molecule has 1 aromatic rings. The summed E-state index contributed by atoms with van der Waals surface area (Å²) in [6.45, 7) is 10.0. The summed E-state index contributed by atoms with van der Waals surface area (Å²) in [6.07, 6.45) is 11.2. The zero-order valence-corrected chi connectivity index (χ0v) is 25.4. The van der Waals surface area contributed by atoms with Gasteiger partial charge in [0.25, 0.3) is 0 Å². The van der Waals surface area contributed by atoms with Gasteiger partial charge in [-0.15, -0.1) is 0 Å². The number of sulfonamides is 1. The van der Waals surface area contributed by atoms with Crippen molar-refractivity contribution < 1.29 is 17.9 Å². The van der Waals surface area contributed by atoms with Crippen molar-refractivity contribution >= 4 is 15.9 Å². The Morgan fingerprint density at radius 2 is 1.62 bits per heavy atom. The molecule has 0 atom stereocenters. The van der Waals surface area contributed by atoms with Gasteiger partial charge in [-0.3, -0.25) is 4.79 Å². The number of aryl methyl sites for hydroxylation is 2. The fraction of sp³-hybridized carbons (Fsp3) is 0.767. The van der Waals surface area contributed by atoms with Crippen molar-refractivity contribution in [2.45, 2.75) is 95.0 Å². The van der Waals surface area contributed by atoms with Gasteiger partial charge >= 0.3 is 0 Å². The molecule has 9 heteroatoms. The summed E-state index contributed by atoms with van der Waals surface area (Å²) < 4.78 is 33.0. The highest BCUT2D eigenvalue weighted by Gasteiger charge is 2.30. The third kappa shape index (κ3) is 7.96. The second-order valence-corrected chi connectivity index (χ2v) is 14.0. The number of ether oxygens (including phenoxy) is 1. The van der Waals surface area contributed by atoms with Crippen LogP contribution in [-0.2, 0) is 14.8 Å². The normalized spacial score (nSPS) is 23.8. The molecule has 1 saturated carbocycles. The van der Waals surface area contributed by atoms with Crippen molar-refractivity contribution in [3.8, 4) is 5.75 Å². The number of nitrogens with zero attached hydrogens (tertiary/aromatic N) is 3. The molecule has 3 fully saturated rings. The second kappa shape index (κ2) is 13.8. The van der Waals surface area contributed by atoms with Gasteiger partial charge in [0.15, 0.2) is 0 Å². The van der Waals surface area contributed by atoms with E-state index in [4.69, 9.17) is 4.74 Å². The topological polar surface area (TPSA) is 82.2 Å². The van der Waals surface area contributed by atoms with E-state index in [9.17, 15) is 13.2 Å². The molecule has 0 aromatic heterocycles. The van der Waals surface area contributed by atoms with Crippen LogP contribution in [0.25, 0.3) is 0 Å². The summed E-state index contributed by atoms with van der Waals surface area (Å²) in [5.74, 6) is 1.46. The van der Waals surface area contributed by atoms with Gasteiger partial charge in [0.1, 0.15) is 5.75 Å². The Labute approximate surface area is 236 Å². The zero-order valence-electron chi connectivity index (χ0n) is 24.6. The Morgan fingerprint density at radius 3 is 2.21 bits per heavy atom. The van der Waals surface area contributed by atoms with E-state index >= 15 is 0 Å². The first kappa shape index (κ1) is 30.3. The Morgan fingerprint density at radius 1 is 1.00 bits per heavy atom.